The number of amides is 1. The van der Waals surface area contributed by atoms with E-state index in [1.54, 1.807) is 99.0 Å². The highest BCUT2D eigenvalue weighted by molar-refractivity contribution is 6.16. The molecule has 164 valence electrons. The van der Waals surface area contributed by atoms with Crippen molar-refractivity contribution in [2.45, 2.75) is 13.0 Å². The van der Waals surface area contributed by atoms with Gasteiger partial charge in [-0.1, -0.05) is 72.8 Å². The molecule has 3 aromatic carbocycles. The first-order valence-electron chi connectivity index (χ1n) is 10.3. The summed E-state index contributed by atoms with van der Waals surface area (Å²) in [4.78, 5) is 39.6. The van der Waals surface area contributed by atoms with E-state index in [2.05, 4.69) is 5.32 Å². The van der Waals surface area contributed by atoms with E-state index in [4.69, 9.17) is 9.47 Å². The summed E-state index contributed by atoms with van der Waals surface area (Å²) in [5, 5.41) is 2.73. The minimum atomic E-state index is -1.20. The number of benzene rings is 3. The molecule has 1 atom stereocenters. The molecule has 1 unspecified atom stereocenters. The number of methoxy groups -OCH3 is 1. The molecule has 3 aromatic rings. The van der Waals surface area contributed by atoms with Gasteiger partial charge in [0, 0.05) is 11.1 Å². The maximum Gasteiger partial charge on any atom is 0.407 e. The van der Waals surface area contributed by atoms with Crippen LogP contribution in [0.15, 0.2) is 84.9 Å². The fourth-order valence-corrected chi connectivity index (χ4v) is 3.46. The first kappa shape index (κ1) is 22.7. The van der Waals surface area contributed by atoms with Crippen LogP contribution in [0.5, 0.6) is 5.75 Å². The number of carbonyl (C=O) groups excluding carboxylic acids is 3. The molecule has 1 amide bonds. The van der Waals surface area contributed by atoms with Gasteiger partial charge in [-0.25, -0.2) is 4.79 Å². The van der Waals surface area contributed by atoms with E-state index >= 15 is 0 Å². The van der Waals surface area contributed by atoms with Gasteiger partial charge < -0.3 is 14.8 Å². The Bertz CT molecular complexity index is 997. The van der Waals surface area contributed by atoms with Crippen LogP contribution in [0.2, 0.25) is 0 Å². The van der Waals surface area contributed by atoms with Gasteiger partial charge in [-0.15, -0.1) is 0 Å². The van der Waals surface area contributed by atoms with Gasteiger partial charge in [-0.2, -0.15) is 0 Å². The lowest BCUT2D eigenvalue weighted by atomic mass is 9.81. The summed E-state index contributed by atoms with van der Waals surface area (Å²) in [6.07, 6.45) is -0.708. The second kappa shape index (κ2) is 10.9. The van der Waals surface area contributed by atoms with Crippen LogP contribution in [-0.4, -0.2) is 31.4 Å². The summed E-state index contributed by atoms with van der Waals surface area (Å²) in [5.74, 6) is -1.37. The fraction of sp³-hybridized carbons (Fsp3) is 0.192. The molecule has 0 fully saturated rings. The van der Waals surface area contributed by atoms with Crippen molar-refractivity contribution in [2.75, 3.05) is 13.7 Å². The molecule has 0 aliphatic rings. The van der Waals surface area contributed by atoms with E-state index in [0.29, 0.717) is 22.4 Å². The maximum atomic E-state index is 13.6. The third-order valence-electron chi connectivity index (χ3n) is 5.04. The van der Waals surface area contributed by atoms with Crippen molar-refractivity contribution in [2.24, 2.45) is 5.92 Å². The molecule has 0 saturated carbocycles. The van der Waals surface area contributed by atoms with E-state index in [1.807, 2.05) is 0 Å². The molecule has 0 aliphatic carbocycles. The third kappa shape index (κ3) is 5.40. The largest absolute Gasteiger partial charge is 0.497 e. The minimum Gasteiger partial charge on any atom is -0.497 e. The second-order valence-electron chi connectivity index (χ2n) is 7.05. The second-order valence-corrected chi connectivity index (χ2v) is 7.05. The summed E-state index contributed by atoms with van der Waals surface area (Å²) < 4.78 is 10.3. The fourth-order valence-electron chi connectivity index (χ4n) is 3.46. The summed E-state index contributed by atoms with van der Waals surface area (Å²) in [7, 11) is 1.55. The number of carbonyl (C=O) groups is 3. The molecule has 0 aromatic heterocycles. The smallest absolute Gasteiger partial charge is 0.407 e. The number of alkyl carbamates (subject to hydrolysis) is 1. The standard InChI is InChI=1S/C26H25NO5/c1-3-32-26(30)27-23(18-14-16-21(31-2)17-15-18)22(24(28)19-10-6-4-7-11-19)25(29)20-12-8-5-9-13-20/h4-17,22-23H,3H2,1-2H3,(H,27,30). The highest BCUT2D eigenvalue weighted by Gasteiger charge is 2.38. The van der Waals surface area contributed by atoms with Crippen molar-refractivity contribution in [3.63, 3.8) is 0 Å². The quantitative estimate of drug-likeness (QED) is 0.386. The van der Waals surface area contributed by atoms with E-state index < -0.39 is 29.6 Å². The molecule has 0 heterocycles. The molecule has 0 spiro atoms. The van der Waals surface area contributed by atoms with Crippen molar-refractivity contribution in [1.82, 2.24) is 5.32 Å². The predicted octanol–water partition coefficient (Wildman–Crippen LogP) is 4.86. The number of hydrogen-bond acceptors (Lipinski definition) is 5. The van der Waals surface area contributed by atoms with Crippen LogP contribution in [0, 0.1) is 5.92 Å². The number of rotatable bonds is 9. The predicted molar refractivity (Wildman–Crippen MR) is 121 cm³/mol. The zero-order chi connectivity index (χ0) is 22.9. The molecule has 0 bridgehead atoms. The van der Waals surface area contributed by atoms with Gasteiger partial charge in [0.25, 0.3) is 0 Å². The molecule has 1 N–H and O–H groups in total. The Morgan fingerprint density at radius 1 is 0.781 bits per heavy atom. The van der Waals surface area contributed by atoms with Crippen molar-refractivity contribution in [3.05, 3.63) is 102 Å². The van der Waals surface area contributed by atoms with Gasteiger partial charge in [0.15, 0.2) is 11.6 Å². The first-order chi connectivity index (χ1) is 15.5. The molecular formula is C26H25NO5. The summed E-state index contributed by atoms with van der Waals surface area (Å²) in [6.45, 7) is 1.84. The van der Waals surface area contributed by atoms with Gasteiger partial charge in [-0.3, -0.25) is 9.59 Å². The zero-order valence-corrected chi connectivity index (χ0v) is 18.0. The van der Waals surface area contributed by atoms with E-state index in [-0.39, 0.29) is 6.61 Å². The highest BCUT2D eigenvalue weighted by Crippen LogP contribution is 2.30. The third-order valence-corrected chi connectivity index (χ3v) is 5.04. The van der Waals surface area contributed by atoms with Crippen LogP contribution < -0.4 is 10.1 Å². The summed E-state index contributed by atoms with van der Waals surface area (Å²) in [6, 6.07) is 23.1. The molecule has 0 aliphatic heterocycles. The van der Waals surface area contributed by atoms with Crippen molar-refractivity contribution in [1.29, 1.82) is 0 Å². The number of ether oxygens (including phenoxy) is 2. The lowest BCUT2D eigenvalue weighted by Crippen LogP contribution is -2.41. The van der Waals surface area contributed by atoms with Crippen molar-refractivity contribution >= 4 is 17.7 Å². The minimum absolute atomic E-state index is 0.158. The summed E-state index contributed by atoms with van der Waals surface area (Å²) in [5.41, 5.74) is 1.34. The van der Waals surface area contributed by atoms with E-state index in [9.17, 15) is 14.4 Å². The summed E-state index contributed by atoms with van der Waals surface area (Å²) >= 11 is 0. The normalized spacial score (nSPS) is 11.5. The Morgan fingerprint density at radius 2 is 1.28 bits per heavy atom. The van der Waals surface area contributed by atoms with E-state index in [1.165, 1.54) is 0 Å². The van der Waals surface area contributed by atoms with Crippen molar-refractivity contribution < 1.29 is 23.9 Å². The number of Topliss-reactive ketones (excluding diaryl/α,β-unsaturated/α-hetero) is 2. The average Bonchev–Trinajstić information content (AvgIpc) is 2.84. The van der Waals surface area contributed by atoms with Crippen LogP contribution >= 0.6 is 0 Å². The SMILES string of the molecule is CCOC(=O)NC(c1ccc(OC)cc1)C(C(=O)c1ccccc1)C(=O)c1ccccc1. The monoisotopic (exact) mass is 431 g/mol. The van der Waals surface area contributed by atoms with Crippen LogP contribution in [0.4, 0.5) is 4.79 Å². The Morgan fingerprint density at radius 3 is 1.72 bits per heavy atom. The average molecular weight is 431 g/mol. The molecule has 6 heteroatoms. The molecule has 6 nitrogen and oxygen atoms in total. The molecule has 0 saturated heterocycles. The molecular weight excluding hydrogens is 406 g/mol. The van der Waals surface area contributed by atoms with Crippen LogP contribution in [0.3, 0.4) is 0 Å². The van der Waals surface area contributed by atoms with Crippen LogP contribution in [0.1, 0.15) is 39.2 Å². The van der Waals surface area contributed by atoms with Crippen molar-refractivity contribution in [3.8, 4) is 5.75 Å². The number of hydrogen-bond donors (Lipinski definition) is 1. The Kier molecular flexibility index (Phi) is 7.75. The lowest BCUT2D eigenvalue weighted by Gasteiger charge is -2.27. The van der Waals surface area contributed by atoms with Crippen LogP contribution in [0.25, 0.3) is 0 Å². The highest BCUT2D eigenvalue weighted by atomic mass is 16.5. The molecule has 3 rings (SSSR count). The number of nitrogens with one attached hydrogen (secondary N) is 1. The molecule has 0 radical (unpaired) electrons. The number of ketones is 2. The first-order valence-corrected chi connectivity index (χ1v) is 10.3. The van der Waals surface area contributed by atoms with Crippen LogP contribution in [-0.2, 0) is 4.74 Å². The Labute approximate surface area is 187 Å². The van der Waals surface area contributed by atoms with Gasteiger partial charge in [-0.05, 0) is 24.6 Å². The van der Waals surface area contributed by atoms with E-state index in [0.717, 1.165) is 0 Å². The topological polar surface area (TPSA) is 81.7 Å². The zero-order valence-electron chi connectivity index (χ0n) is 18.0. The Hall–Kier alpha value is -3.93. The Balaban J connectivity index is 2.11. The molecule has 32 heavy (non-hydrogen) atoms. The van der Waals surface area contributed by atoms with Gasteiger partial charge in [0.2, 0.25) is 0 Å². The maximum absolute atomic E-state index is 13.6. The lowest BCUT2D eigenvalue weighted by molar-refractivity contribution is 0.0765. The van der Waals surface area contributed by atoms with Gasteiger partial charge in [0.1, 0.15) is 11.7 Å². The van der Waals surface area contributed by atoms with Gasteiger partial charge >= 0.3 is 6.09 Å². The van der Waals surface area contributed by atoms with Gasteiger partial charge in [0.05, 0.1) is 19.8 Å².